The highest BCUT2D eigenvalue weighted by atomic mass is 32.2. The highest BCUT2D eigenvalue weighted by Crippen LogP contribution is 2.30. The van der Waals surface area contributed by atoms with Crippen molar-refractivity contribution in [2.24, 2.45) is 0 Å². The van der Waals surface area contributed by atoms with Crippen LogP contribution < -0.4 is 0 Å². The van der Waals surface area contributed by atoms with E-state index in [0.29, 0.717) is 32.6 Å². The largest absolute Gasteiger partial charge is 0.286 e. The Morgan fingerprint density at radius 2 is 1.15 bits per heavy atom. The minimum atomic E-state index is -3.99. The van der Waals surface area contributed by atoms with Crippen LogP contribution in [0.25, 0.3) is 11.0 Å². The third-order valence-electron chi connectivity index (χ3n) is 3.08. The fourth-order valence-electron chi connectivity index (χ4n) is 1.98. The fourth-order valence-corrected chi connectivity index (χ4v) is 5.34. The Hall–Kier alpha value is -0.920. The number of nitrogens with zero attached hydrogens (tertiary/aromatic N) is 2. The SMILES string of the molecule is O=S(=O)(O)CCCSc1nc2ccccc2nc1SCCCS(=O)(=O)O. The van der Waals surface area contributed by atoms with Gasteiger partial charge >= 0.3 is 0 Å². The number of hydrogen-bond acceptors (Lipinski definition) is 8. The van der Waals surface area contributed by atoms with Crippen LogP contribution in [0.3, 0.4) is 0 Å². The van der Waals surface area contributed by atoms with Crippen LogP contribution in [0.15, 0.2) is 34.3 Å². The van der Waals surface area contributed by atoms with Crippen LogP contribution >= 0.6 is 23.5 Å². The summed E-state index contributed by atoms with van der Waals surface area (Å²) in [7, 11) is -7.98. The summed E-state index contributed by atoms with van der Waals surface area (Å²) < 4.78 is 60.7. The molecule has 0 aliphatic rings. The van der Waals surface area contributed by atoms with E-state index < -0.39 is 20.2 Å². The number of hydrogen-bond donors (Lipinski definition) is 2. The van der Waals surface area contributed by atoms with Crippen molar-refractivity contribution in [1.29, 1.82) is 0 Å². The molecule has 1 aromatic carbocycles. The summed E-state index contributed by atoms with van der Waals surface area (Å²) in [5, 5.41) is 1.24. The smallest absolute Gasteiger partial charge is 0.264 e. The standard InChI is InChI=1S/C14H18N2O6S4/c17-25(18,19)9-3-7-23-13-14(24-8-4-10-26(20,21)22)16-12-6-2-1-5-11(12)15-13/h1-2,5-6H,3-4,7-10H2,(H,17,18,19)(H,20,21,22). The van der Waals surface area contributed by atoms with Crippen LogP contribution in [0.4, 0.5) is 0 Å². The van der Waals surface area contributed by atoms with Gasteiger partial charge in [-0.15, -0.1) is 23.5 Å². The Morgan fingerprint density at radius 3 is 1.50 bits per heavy atom. The van der Waals surface area contributed by atoms with Gasteiger partial charge in [0.25, 0.3) is 20.2 Å². The third kappa shape index (κ3) is 7.76. The van der Waals surface area contributed by atoms with Gasteiger partial charge in [0.2, 0.25) is 0 Å². The molecule has 1 aromatic heterocycles. The summed E-state index contributed by atoms with van der Waals surface area (Å²) >= 11 is 2.66. The van der Waals surface area contributed by atoms with Gasteiger partial charge in [-0.1, -0.05) is 12.1 Å². The van der Waals surface area contributed by atoms with E-state index in [4.69, 9.17) is 9.11 Å². The lowest BCUT2D eigenvalue weighted by atomic mass is 10.3. The third-order valence-corrected chi connectivity index (χ3v) is 6.92. The van der Waals surface area contributed by atoms with Crippen LogP contribution in [-0.2, 0) is 20.2 Å². The second kappa shape index (κ2) is 9.33. The van der Waals surface area contributed by atoms with Crippen molar-refractivity contribution in [3.05, 3.63) is 24.3 Å². The number of aromatic nitrogens is 2. The molecule has 0 radical (unpaired) electrons. The molecule has 12 heteroatoms. The molecule has 1 heterocycles. The summed E-state index contributed by atoms with van der Waals surface area (Å²) in [6, 6.07) is 7.31. The molecule has 8 nitrogen and oxygen atoms in total. The average Bonchev–Trinajstić information content (AvgIpc) is 2.53. The average molecular weight is 439 g/mol. The van der Waals surface area contributed by atoms with Gasteiger partial charge in [-0.2, -0.15) is 16.8 Å². The van der Waals surface area contributed by atoms with Crippen molar-refractivity contribution in [3.63, 3.8) is 0 Å². The Morgan fingerprint density at radius 1 is 0.769 bits per heavy atom. The summed E-state index contributed by atoms with van der Waals surface area (Å²) in [6.45, 7) is 0. The van der Waals surface area contributed by atoms with E-state index >= 15 is 0 Å². The van der Waals surface area contributed by atoms with Gasteiger partial charge in [0.15, 0.2) is 0 Å². The molecule has 26 heavy (non-hydrogen) atoms. The van der Waals surface area contributed by atoms with E-state index in [1.165, 1.54) is 23.5 Å². The zero-order chi connectivity index (χ0) is 19.2. The minimum Gasteiger partial charge on any atom is -0.286 e. The molecule has 0 aliphatic carbocycles. The Balaban J connectivity index is 2.08. The van der Waals surface area contributed by atoms with Crippen LogP contribution in [0.1, 0.15) is 12.8 Å². The maximum atomic E-state index is 10.8. The number of benzene rings is 1. The predicted molar refractivity (Wildman–Crippen MR) is 103 cm³/mol. The van der Waals surface area contributed by atoms with Crippen molar-refractivity contribution >= 4 is 54.8 Å². The molecule has 2 rings (SSSR count). The lowest BCUT2D eigenvalue weighted by Gasteiger charge is -2.09. The van der Waals surface area contributed by atoms with Gasteiger partial charge < -0.3 is 0 Å². The van der Waals surface area contributed by atoms with Crippen molar-refractivity contribution in [1.82, 2.24) is 9.97 Å². The van der Waals surface area contributed by atoms with Crippen molar-refractivity contribution in [3.8, 4) is 0 Å². The summed E-state index contributed by atoms with van der Waals surface area (Å²) in [5.74, 6) is 0.229. The first-order valence-electron chi connectivity index (χ1n) is 7.57. The van der Waals surface area contributed by atoms with Crippen molar-refractivity contribution in [2.75, 3.05) is 23.0 Å². The maximum absolute atomic E-state index is 10.8. The monoisotopic (exact) mass is 438 g/mol. The normalized spacial score (nSPS) is 12.5. The molecule has 0 unspecified atom stereocenters. The second-order valence-electron chi connectivity index (χ2n) is 5.30. The highest BCUT2D eigenvalue weighted by molar-refractivity contribution is 8.02. The Labute approximate surface area is 160 Å². The summed E-state index contributed by atoms with van der Waals surface area (Å²) in [4.78, 5) is 9.07. The molecular weight excluding hydrogens is 420 g/mol. The summed E-state index contributed by atoms with van der Waals surface area (Å²) in [5.41, 5.74) is 1.40. The molecule has 0 atom stereocenters. The molecule has 2 N–H and O–H groups in total. The number of thioether (sulfide) groups is 2. The molecule has 0 saturated carbocycles. The van der Waals surface area contributed by atoms with E-state index in [9.17, 15) is 16.8 Å². The van der Waals surface area contributed by atoms with Gasteiger partial charge in [0.1, 0.15) is 10.1 Å². The van der Waals surface area contributed by atoms with E-state index in [1.807, 2.05) is 24.3 Å². The van der Waals surface area contributed by atoms with E-state index in [1.54, 1.807) is 0 Å². The highest BCUT2D eigenvalue weighted by Gasteiger charge is 2.12. The first-order valence-corrected chi connectivity index (χ1v) is 12.8. The molecule has 0 amide bonds. The zero-order valence-corrected chi connectivity index (χ0v) is 16.9. The molecular formula is C14H18N2O6S4. The van der Waals surface area contributed by atoms with Gasteiger partial charge in [-0.3, -0.25) is 9.11 Å². The first-order chi connectivity index (χ1) is 12.1. The van der Waals surface area contributed by atoms with Crippen molar-refractivity contribution < 1.29 is 25.9 Å². The quantitative estimate of drug-likeness (QED) is 0.323. The van der Waals surface area contributed by atoms with Crippen LogP contribution in [0.2, 0.25) is 0 Å². The van der Waals surface area contributed by atoms with Crippen LogP contribution in [0.5, 0.6) is 0 Å². The molecule has 0 aliphatic heterocycles. The van der Waals surface area contributed by atoms with Gasteiger partial charge in [0.05, 0.1) is 22.5 Å². The molecule has 0 saturated heterocycles. The zero-order valence-electron chi connectivity index (χ0n) is 13.6. The number of fused-ring (bicyclic) bond motifs is 1. The first kappa shape index (κ1) is 21.4. The topological polar surface area (TPSA) is 135 Å². The van der Waals surface area contributed by atoms with E-state index in [0.717, 1.165) is 0 Å². The van der Waals surface area contributed by atoms with Gasteiger partial charge in [-0.05, 0) is 25.0 Å². The molecule has 0 bridgehead atoms. The minimum absolute atomic E-state index is 0.269. The van der Waals surface area contributed by atoms with E-state index in [-0.39, 0.29) is 24.3 Å². The maximum Gasteiger partial charge on any atom is 0.264 e. The van der Waals surface area contributed by atoms with Gasteiger partial charge in [0, 0.05) is 11.5 Å². The Bertz CT molecular complexity index is 884. The Kier molecular flexibility index (Phi) is 7.67. The molecule has 0 fully saturated rings. The van der Waals surface area contributed by atoms with Crippen molar-refractivity contribution in [2.45, 2.75) is 22.9 Å². The summed E-state index contributed by atoms with van der Waals surface area (Å²) in [6.07, 6.45) is 0.537. The fraction of sp³-hybridized carbons (Fsp3) is 0.429. The molecule has 2 aromatic rings. The second-order valence-corrected chi connectivity index (χ2v) is 10.6. The lowest BCUT2D eigenvalue weighted by molar-refractivity contribution is 0.480. The number of rotatable bonds is 10. The number of para-hydroxylation sites is 2. The lowest BCUT2D eigenvalue weighted by Crippen LogP contribution is -2.05. The predicted octanol–water partition coefficient (Wildman–Crippen LogP) is 2.37. The van der Waals surface area contributed by atoms with E-state index in [2.05, 4.69) is 9.97 Å². The van der Waals surface area contributed by atoms with Crippen LogP contribution in [0, 0.1) is 0 Å². The van der Waals surface area contributed by atoms with Crippen LogP contribution in [-0.4, -0.2) is 58.9 Å². The molecule has 0 spiro atoms. The molecule has 144 valence electrons. The van der Waals surface area contributed by atoms with Gasteiger partial charge in [-0.25, -0.2) is 9.97 Å².